The molecule has 4 N–H and O–H groups in total. The molecule has 1 fully saturated rings. The van der Waals surface area contributed by atoms with E-state index in [0.29, 0.717) is 17.7 Å². The Bertz CT molecular complexity index is 1520. The molecule has 37 heavy (non-hydrogen) atoms. The lowest BCUT2D eigenvalue weighted by molar-refractivity contribution is 0.246. The Morgan fingerprint density at radius 2 is 1.76 bits per heavy atom. The maximum Gasteiger partial charge on any atom is 0.150 e. The first-order valence-corrected chi connectivity index (χ1v) is 13.2. The number of likely N-dealkylation sites (N-methyl/N-ethyl adjacent to an activating group) is 1. The predicted molar refractivity (Wildman–Crippen MR) is 150 cm³/mol. The van der Waals surface area contributed by atoms with Gasteiger partial charge in [0, 0.05) is 47.9 Å². The van der Waals surface area contributed by atoms with Gasteiger partial charge in [-0.25, -0.2) is 15.0 Å². The number of pyridine rings is 1. The molecule has 0 saturated heterocycles. The van der Waals surface area contributed by atoms with Crippen molar-refractivity contribution in [1.82, 2.24) is 30.0 Å². The number of nitrogens with zero attached hydrogens (tertiary/aromatic N) is 4. The minimum absolute atomic E-state index is 0.423. The summed E-state index contributed by atoms with van der Waals surface area (Å²) in [5.74, 6) is 2.69. The number of nitrogens with one attached hydrogen (secondary N) is 2. The van der Waals surface area contributed by atoms with Crippen molar-refractivity contribution in [1.29, 1.82) is 0 Å². The average Bonchev–Trinajstić information content (AvgIpc) is 3.30. The van der Waals surface area contributed by atoms with Crippen LogP contribution in [-0.2, 0) is 0 Å². The number of aromatic nitrogens is 4. The van der Waals surface area contributed by atoms with Crippen molar-refractivity contribution < 1.29 is 0 Å². The molecule has 0 aliphatic heterocycles. The Morgan fingerprint density at radius 1 is 0.946 bits per heavy atom. The number of nitrogen functional groups attached to an aromatic ring is 1. The highest BCUT2D eigenvalue weighted by atomic mass is 15.1. The normalized spacial score (nSPS) is 17.3. The molecule has 0 amide bonds. The first kappa shape index (κ1) is 23.6. The highest BCUT2D eigenvalue weighted by Crippen LogP contribution is 2.43. The van der Waals surface area contributed by atoms with Crippen LogP contribution in [0.4, 0.5) is 5.82 Å². The Labute approximate surface area is 217 Å². The number of hydrogen-bond acceptors (Lipinski definition) is 6. The van der Waals surface area contributed by atoms with Gasteiger partial charge in [-0.2, -0.15) is 0 Å². The van der Waals surface area contributed by atoms with Crippen molar-refractivity contribution in [2.24, 2.45) is 5.92 Å². The molecule has 1 aliphatic rings. The third kappa shape index (κ3) is 4.68. The second kappa shape index (κ2) is 10.3. The molecular weight excluding hydrogens is 458 g/mol. The molecule has 7 heteroatoms. The molecule has 0 spiro atoms. The molecule has 0 bridgehead atoms. The summed E-state index contributed by atoms with van der Waals surface area (Å²) in [6.45, 7) is 6.23. The summed E-state index contributed by atoms with van der Waals surface area (Å²) in [4.78, 5) is 14.5. The lowest BCUT2D eigenvalue weighted by atomic mass is 9.74. The van der Waals surface area contributed by atoms with Gasteiger partial charge in [0.15, 0.2) is 0 Å². The first-order chi connectivity index (χ1) is 18.2. The molecule has 3 heterocycles. The lowest BCUT2D eigenvalue weighted by Gasteiger charge is -2.34. The fourth-order valence-electron chi connectivity index (χ4n) is 5.38. The van der Waals surface area contributed by atoms with Gasteiger partial charge in [-0.1, -0.05) is 55.5 Å². The number of fused-ring (bicyclic) bond motifs is 2. The van der Waals surface area contributed by atoms with Crippen molar-refractivity contribution in [3.8, 4) is 22.5 Å². The molecule has 7 nitrogen and oxygen atoms in total. The van der Waals surface area contributed by atoms with E-state index in [9.17, 15) is 0 Å². The molecule has 3 aromatic heterocycles. The van der Waals surface area contributed by atoms with Crippen molar-refractivity contribution >= 4 is 22.2 Å². The fraction of sp³-hybridized carbons (Fsp3) is 0.300. The third-order valence-electron chi connectivity index (χ3n) is 7.41. The standard InChI is InChI=1S/C30H33N7/c1-2-32-12-13-33-19-20-16-24(17-20)30-36-27(28-29(31)34-14-15-37(28)30)23-9-8-22-10-11-25(35-26(22)18-23)21-6-4-3-5-7-21/h3-11,14-15,18,20,24,32-33H,2,12-13,16-17,19H2,1H3,(H2,31,34)/t20-,24+. The minimum atomic E-state index is 0.423. The molecule has 1 aliphatic carbocycles. The molecular formula is C30H33N7. The van der Waals surface area contributed by atoms with Gasteiger partial charge in [-0.15, -0.1) is 0 Å². The van der Waals surface area contributed by atoms with Crippen LogP contribution in [0.1, 0.15) is 31.5 Å². The molecule has 2 aromatic carbocycles. The van der Waals surface area contributed by atoms with E-state index in [1.807, 2.05) is 24.4 Å². The number of rotatable bonds is 9. The van der Waals surface area contributed by atoms with Crippen LogP contribution in [-0.4, -0.2) is 45.5 Å². The zero-order valence-electron chi connectivity index (χ0n) is 21.2. The van der Waals surface area contributed by atoms with Crippen molar-refractivity contribution in [3.05, 3.63) is 78.9 Å². The van der Waals surface area contributed by atoms with Crippen LogP contribution >= 0.6 is 0 Å². The molecule has 6 rings (SSSR count). The first-order valence-electron chi connectivity index (χ1n) is 13.2. The smallest absolute Gasteiger partial charge is 0.150 e. The summed E-state index contributed by atoms with van der Waals surface area (Å²) in [6, 6.07) is 20.8. The van der Waals surface area contributed by atoms with Gasteiger partial charge in [-0.3, -0.25) is 4.40 Å². The van der Waals surface area contributed by atoms with Crippen LogP contribution in [0.3, 0.4) is 0 Å². The number of benzene rings is 2. The van der Waals surface area contributed by atoms with Crippen molar-refractivity contribution in [3.63, 3.8) is 0 Å². The summed E-state index contributed by atoms with van der Waals surface area (Å²) in [6.07, 6.45) is 6.03. The van der Waals surface area contributed by atoms with Crippen LogP contribution in [0.2, 0.25) is 0 Å². The second-order valence-electron chi connectivity index (χ2n) is 9.91. The molecule has 188 valence electrons. The average molecular weight is 492 g/mol. The highest BCUT2D eigenvalue weighted by Gasteiger charge is 2.34. The van der Waals surface area contributed by atoms with Gasteiger partial charge in [0.25, 0.3) is 0 Å². The number of nitrogens with two attached hydrogens (primary N) is 1. The largest absolute Gasteiger partial charge is 0.382 e. The van der Waals surface area contributed by atoms with Crippen LogP contribution in [0.5, 0.6) is 0 Å². The fourth-order valence-corrected chi connectivity index (χ4v) is 5.38. The van der Waals surface area contributed by atoms with E-state index >= 15 is 0 Å². The maximum atomic E-state index is 6.41. The number of imidazole rings is 1. The lowest BCUT2D eigenvalue weighted by Crippen LogP contribution is -2.35. The molecule has 0 radical (unpaired) electrons. The topological polar surface area (TPSA) is 93.2 Å². The van der Waals surface area contributed by atoms with Crippen LogP contribution < -0.4 is 16.4 Å². The molecule has 5 aromatic rings. The monoisotopic (exact) mass is 491 g/mol. The minimum Gasteiger partial charge on any atom is -0.382 e. The van der Waals surface area contributed by atoms with E-state index in [1.54, 1.807) is 6.20 Å². The third-order valence-corrected chi connectivity index (χ3v) is 7.41. The summed E-state index contributed by atoms with van der Waals surface area (Å²) in [5.41, 5.74) is 12.2. The SMILES string of the molecule is CCNCCNC[C@H]1C[C@@H](c2nc(-c3ccc4ccc(-c5ccccc5)nc4c3)c3c(N)nccn32)C1. The molecule has 1 saturated carbocycles. The van der Waals surface area contributed by atoms with E-state index in [2.05, 4.69) is 69.4 Å². The molecule has 0 atom stereocenters. The van der Waals surface area contributed by atoms with Crippen molar-refractivity contribution in [2.75, 3.05) is 31.9 Å². The van der Waals surface area contributed by atoms with Gasteiger partial charge >= 0.3 is 0 Å². The maximum absolute atomic E-state index is 6.41. The van der Waals surface area contributed by atoms with Crippen molar-refractivity contribution in [2.45, 2.75) is 25.7 Å². The summed E-state index contributed by atoms with van der Waals surface area (Å²) < 4.78 is 2.15. The highest BCUT2D eigenvalue weighted by molar-refractivity contribution is 5.91. The van der Waals surface area contributed by atoms with Crippen LogP contribution in [0.15, 0.2) is 73.1 Å². The van der Waals surface area contributed by atoms with E-state index in [4.69, 9.17) is 15.7 Å². The number of hydrogen-bond donors (Lipinski definition) is 3. The Balaban J connectivity index is 1.30. The van der Waals surface area contributed by atoms with E-state index in [1.165, 1.54) is 0 Å². The quantitative estimate of drug-likeness (QED) is 0.254. The predicted octanol–water partition coefficient (Wildman–Crippen LogP) is 4.89. The van der Waals surface area contributed by atoms with Gasteiger partial charge in [-0.05, 0) is 44.0 Å². The Hall–Kier alpha value is -3.81. The van der Waals surface area contributed by atoms with Crippen LogP contribution in [0, 0.1) is 5.92 Å². The van der Waals surface area contributed by atoms with Crippen LogP contribution in [0.25, 0.3) is 38.9 Å². The molecule has 0 unspecified atom stereocenters. The van der Waals surface area contributed by atoms with Gasteiger partial charge in [0.05, 0.1) is 11.2 Å². The van der Waals surface area contributed by atoms with Gasteiger partial charge in [0.1, 0.15) is 22.9 Å². The summed E-state index contributed by atoms with van der Waals surface area (Å²) in [5, 5.41) is 8.04. The van der Waals surface area contributed by atoms with E-state index in [0.717, 1.165) is 83.8 Å². The van der Waals surface area contributed by atoms with Gasteiger partial charge < -0.3 is 16.4 Å². The zero-order chi connectivity index (χ0) is 25.2. The number of anilines is 1. The Morgan fingerprint density at radius 3 is 2.59 bits per heavy atom. The van der Waals surface area contributed by atoms with E-state index < -0.39 is 0 Å². The zero-order valence-corrected chi connectivity index (χ0v) is 21.2. The van der Waals surface area contributed by atoms with Gasteiger partial charge in [0.2, 0.25) is 0 Å². The second-order valence-corrected chi connectivity index (χ2v) is 9.91. The van der Waals surface area contributed by atoms with E-state index in [-0.39, 0.29) is 0 Å². The summed E-state index contributed by atoms with van der Waals surface area (Å²) >= 11 is 0. The summed E-state index contributed by atoms with van der Waals surface area (Å²) in [7, 11) is 0. The Kier molecular flexibility index (Phi) is 6.55.